The first kappa shape index (κ1) is 18.3. The minimum Gasteiger partial charge on any atom is -0.359 e. The zero-order valence-electron chi connectivity index (χ0n) is 14.7. The monoisotopic (exact) mass is 402 g/mol. The Morgan fingerprint density at radius 1 is 1.21 bits per heavy atom. The first-order valence-electron chi connectivity index (χ1n) is 8.37. The van der Waals surface area contributed by atoms with Crippen LogP contribution in [0.25, 0.3) is 21.9 Å². The number of hydrogen-bond acceptors (Lipinski definition) is 2. The number of fused-ring (bicyclic) bond motifs is 2. The lowest BCUT2D eigenvalue weighted by molar-refractivity contribution is -0.137. The Bertz CT molecular complexity index is 1240. The van der Waals surface area contributed by atoms with Gasteiger partial charge in [-0.25, -0.2) is 4.98 Å². The van der Waals surface area contributed by atoms with Crippen LogP contribution in [0, 0.1) is 11.8 Å². The van der Waals surface area contributed by atoms with Crippen molar-refractivity contribution in [2.75, 3.05) is 5.32 Å². The van der Waals surface area contributed by atoms with Crippen LogP contribution < -0.4 is 5.32 Å². The molecule has 0 aliphatic rings. The number of nitrogens with one attached hydrogen (secondary N) is 2. The van der Waals surface area contributed by atoms with Crippen molar-refractivity contribution >= 4 is 45.2 Å². The summed E-state index contributed by atoms with van der Waals surface area (Å²) in [6.45, 7) is 2.00. The lowest BCUT2D eigenvalue weighted by Gasteiger charge is -2.08. The molecule has 0 aliphatic heterocycles. The largest absolute Gasteiger partial charge is 0.416 e. The van der Waals surface area contributed by atoms with Gasteiger partial charge in [-0.3, -0.25) is 4.57 Å². The van der Waals surface area contributed by atoms with Crippen LogP contribution in [0.5, 0.6) is 0 Å². The highest BCUT2D eigenvalue weighted by atomic mass is 35.5. The van der Waals surface area contributed by atoms with Gasteiger partial charge in [0, 0.05) is 22.1 Å². The van der Waals surface area contributed by atoms with Crippen molar-refractivity contribution in [3.8, 4) is 11.8 Å². The molecule has 0 fully saturated rings. The summed E-state index contributed by atoms with van der Waals surface area (Å²) in [6, 6.07) is 8.94. The molecule has 0 saturated heterocycles. The number of aromatic nitrogens is 3. The number of halogens is 4. The highest BCUT2D eigenvalue weighted by molar-refractivity contribution is 6.31. The van der Waals surface area contributed by atoms with E-state index in [9.17, 15) is 13.2 Å². The molecule has 8 heteroatoms. The van der Waals surface area contributed by atoms with Crippen LogP contribution in [0.4, 0.5) is 24.8 Å². The Kier molecular flexibility index (Phi) is 4.44. The molecule has 2 heterocycles. The minimum absolute atomic E-state index is 0.244. The Balaban J connectivity index is 1.83. The summed E-state index contributed by atoms with van der Waals surface area (Å²) >= 11 is 6.09. The van der Waals surface area contributed by atoms with E-state index in [2.05, 4.69) is 27.1 Å². The number of hydrogen-bond donors (Lipinski definition) is 2. The molecule has 0 saturated carbocycles. The third-order valence-corrected chi connectivity index (χ3v) is 4.61. The number of alkyl halides is 3. The zero-order chi connectivity index (χ0) is 19.9. The van der Waals surface area contributed by atoms with Crippen LogP contribution in [0.1, 0.15) is 12.5 Å². The van der Waals surface area contributed by atoms with Crippen LogP contribution in [0.3, 0.4) is 0 Å². The standard InChI is InChI=1S/C20H14ClF3N4/c1-2-3-8-28-18-7-4-12(20(22,23)24)9-16(18)26-19(28)27-17-11-25-15-6-5-13(21)10-14(15)17/h4-7,9-11,25H,8H2,1H3,(H,26,27). The van der Waals surface area contributed by atoms with Gasteiger partial charge < -0.3 is 10.3 Å². The number of nitrogens with zero attached hydrogens (tertiary/aromatic N) is 2. The molecular weight excluding hydrogens is 389 g/mol. The molecular formula is C20H14ClF3N4. The molecule has 2 N–H and O–H groups in total. The van der Waals surface area contributed by atoms with Crippen LogP contribution in [-0.4, -0.2) is 14.5 Å². The summed E-state index contributed by atoms with van der Waals surface area (Å²) in [6.07, 6.45) is -2.67. The maximum Gasteiger partial charge on any atom is 0.416 e. The predicted octanol–water partition coefficient (Wildman–Crippen LogP) is 5.96. The van der Waals surface area contributed by atoms with Gasteiger partial charge in [-0.1, -0.05) is 17.5 Å². The third kappa shape index (κ3) is 3.27. The second-order valence-corrected chi connectivity index (χ2v) is 6.60. The SMILES string of the molecule is CC#CCn1c(Nc2c[nH]c3ccc(Cl)cc23)nc2cc(C(F)(F)F)ccc21. The summed E-state index contributed by atoms with van der Waals surface area (Å²) in [5.74, 6) is 6.14. The first-order valence-corrected chi connectivity index (χ1v) is 8.75. The molecule has 0 aliphatic carbocycles. The lowest BCUT2D eigenvalue weighted by Crippen LogP contribution is -2.05. The molecule has 2 aromatic carbocycles. The van der Waals surface area contributed by atoms with Crippen molar-refractivity contribution in [3.05, 3.63) is 53.2 Å². The second-order valence-electron chi connectivity index (χ2n) is 6.17. The van der Waals surface area contributed by atoms with E-state index in [-0.39, 0.29) is 5.52 Å². The van der Waals surface area contributed by atoms with Crippen molar-refractivity contribution in [2.45, 2.75) is 19.6 Å². The molecule has 0 atom stereocenters. The quantitative estimate of drug-likeness (QED) is 0.415. The summed E-state index contributed by atoms with van der Waals surface area (Å²) in [5, 5.41) is 4.62. The van der Waals surface area contributed by atoms with Crippen molar-refractivity contribution in [2.24, 2.45) is 0 Å². The van der Waals surface area contributed by atoms with E-state index in [1.807, 2.05) is 6.07 Å². The van der Waals surface area contributed by atoms with Gasteiger partial charge in [-0.05, 0) is 43.3 Å². The first-order chi connectivity index (χ1) is 13.4. The van der Waals surface area contributed by atoms with Crippen molar-refractivity contribution in [1.82, 2.24) is 14.5 Å². The normalized spacial score (nSPS) is 11.6. The summed E-state index contributed by atoms with van der Waals surface area (Å²) in [4.78, 5) is 7.51. The van der Waals surface area contributed by atoms with Gasteiger partial charge in [0.1, 0.15) is 0 Å². The average molecular weight is 403 g/mol. The molecule has 0 unspecified atom stereocenters. The lowest BCUT2D eigenvalue weighted by atomic mass is 10.2. The number of benzene rings is 2. The van der Waals surface area contributed by atoms with E-state index in [0.717, 1.165) is 28.7 Å². The Morgan fingerprint density at radius 3 is 2.79 bits per heavy atom. The highest BCUT2D eigenvalue weighted by Crippen LogP contribution is 2.33. The van der Waals surface area contributed by atoms with Crippen molar-refractivity contribution in [3.63, 3.8) is 0 Å². The smallest absolute Gasteiger partial charge is 0.359 e. The maximum absolute atomic E-state index is 13.1. The molecule has 0 amide bonds. The van der Waals surface area contributed by atoms with Crippen LogP contribution in [-0.2, 0) is 12.7 Å². The van der Waals surface area contributed by atoms with Crippen molar-refractivity contribution in [1.29, 1.82) is 0 Å². The molecule has 28 heavy (non-hydrogen) atoms. The fourth-order valence-electron chi connectivity index (χ4n) is 3.04. The summed E-state index contributed by atoms with van der Waals surface area (Å²) in [7, 11) is 0. The van der Waals surface area contributed by atoms with E-state index in [4.69, 9.17) is 11.6 Å². The molecule has 0 bridgehead atoms. The van der Waals surface area contributed by atoms with Gasteiger partial charge in [-0.2, -0.15) is 13.2 Å². The van der Waals surface area contributed by atoms with E-state index < -0.39 is 11.7 Å². The van der Waals surface area contributed by atoms with Gasteiger partial charge in [0.25, 0.3) is 0 Å². The zero-order valence-corrected chi connectivity index (χ0v) is 15.4. The number of imidazole rings is 1. The molecule has 2 aromatic heterocycles. The van der Waals surface area contributed by atoms with Crippen molar-refractivity contribution < 1.29 is 13.2 Å². The van der Waals surface area contributed by atoms with Gasteiger partial charge >= 0.3 is 6.18 Å². The fourth-order valence-corrected chi connectivity index (χ4v) is 3.21. The van der Waals surface area contributed by atoms with Crippen LogP contribution in [0.2, 0.25) is 5.02 Å². The van der Waals surface area contributed by atoms with E-state index in [1.165, 1.54) is 6.07 Å². The van der Waals surface area contributed by atoms with E-state index >= 15 is 0 Å². The molecule has 0 radical (unpaired) electrons. The van der Waals surface area contributed by atoms with Gasteiger partial charge in [0.15, 0.2) is 0 Å². The van der Waals surface area contributed by atoms with E-state index in [1.54, 1.807) is 29.8 Å². The number of anilines is 2. The Morgan fingerprint density at radius 2 is 2.04 bits per heavy atom. The second kappa shape index (κ2) is 6.80. The topological polar surface area (TPSA) is 45.6 Å². The van der Waals surface area contributed by atoms with Gasteiger partial charge in [0.05, 0.1) is 28.8 Å². The van der Waals surface area contributed by atoms with E-state index in [0.29, 0.717) is 23.0 Å². The summed E-state index contributed by atoms with van der Waals surface area (Å²) in [5.41, 5.74) is 1.66. The minimum atomic E-state index is -4.43. The molecule has 0 spiro atoms. The van der Waals surface area contributed by atoms with Gasteiger partial charge in [-0.15, -0.1) is 5.92 Å². The third-order valence-electron chi connectivity index (χ3n) is 4.38. The maximum atomic E-state index is 13.1. The average Bonchev–Trinajstić information content (AvgIpc) is 3.20. The Labute approximate surface area is 163 Å². The number of rotatable bonds is 3. The number of H-pyrrole nitrogens is 1. The molecule has 142 valence electrons. The van der Waals surface area contributed by atoms with Crippen LogP contribution in [0.15, 0.2) is 42.6 Å². The predicted molar refractivity (Wildman–Crippen MR) is 105 cm³/mol. The number of aromatic amines is 1. The molecule has 4 nitrogen and oxygen atoms in total. The fraction of sp³-hybridized carbons (Fsp3) is 0.150. The molecule has 4 rings (SSSR count). The molecule has 4 aromatic rings. The highest BCUT2D eigenvalue weighted by Gasteiger charge is 2.31. The Hall–Kier alpha value is -3.11. The van der Waals surface area contributed by atoms with Crippen LogP contribution >= 0.6 is 11.6 Å². The summed E-state index contributed by atoms with van der Waals surface area (Å²) < 4.78 is 40.9. The van der Waals surface area contributed by atoms with Gasteiger partial charge in [0.2, 0.25) is 5.95 Å².